The van der Waals surface area contributed by atoms with Crippen molar-refractivity contribution in [2.45, 2.75) is 25.3 Å². The van der Waals surface area contributed by atoms with Gasteiger partial charge in [-0.1, -0.05) is 24.6 Å². The lowest BCUT2D eigenvalue weighted by atomic mass is 10.0. The van der Waals surface area contributed by atoms with Crippen LogP contribution < -0.4 is 10.6 Å². The number of amides is 1. The third kappa shape index (κ3) is 4.84. The van der Waals surface area contributed by atoms with Crippen molar-refractivity contribution in [2.24, 2.45) is 0 Å². The first-order valence-corrected chi connectivity index (χ1v) is 4.92. The number of rotatable bonds is 3. The van der Waals surface area contributed by atoms with Gasteiger partial charge in [0.15, 0.2) is 0 Å². The van der Waals surface area contributed by atoms with Crippen LogP contribution in [0.1, 0.15) is 19.3 Å². The van der Waals surface area contributed by atoms with E-state index in [1.807, 2.05) is 0 Å². The lowest BCUT2D eigenvalue weighted by molar-refractivity contribution is -0.123. The molecule has 14 heavy (non-hydrogen) atoms. The molecule has 0 spiro atoms. The maximum Gasteiger partial charge on any atom is 0.237 e. The van der Waals surface area contributed by atoms with E-state index in [1.54, 1.807) is 0 Å². The molecule has 0 radical (unpaired) electrons. The lowest BCUT2D eigenvalue weighted by Gasteiger charge is -2.22. The summed E-state index contributed by atoms with van der Waals surface area (Å²) in [6.45, 7) is 4.79. The van der Waals surface area contributed by atoms with Crippen molar-refractivity contribution in [2.75, 3.05) is 13.1 Å². The Morgan fingerprint density at radius 1 is 1.57 bits per heavy atom. The van der Waals surface area contributed by atoms with Gasteiger partial charge in [0.1, 0.15) is 0 Å². The molecule has 1 saturated heterocycles. The van der Waals surface area contributed by atoms with E-state index in [0.29, 0.717) is 11.6 Å². The summed E-state index contributed by atoms with van der Waals surface area (Å²) in [7, 11) is 0. The van der Waals surface area contributed by atoms with Crippen LogP contribution in [0.25, 0.3) is 0 Å². The molecule has 0 aromatic carbocycles. The van der Waals surface area contributed by atoms with E-state index in [-0.39, 0.29) is 24.4 Å². The molecule has 1 amide bonds. The molecule has 2 N–H and O–H groups in total. The predicted molar refractivity (Wildman–Crippen MR) is 60.9 cm³/mol. The molecule has 5 heteroatoms. The Morgan fingerprint density at radius 2 is 2.29 bits per heavy atom. The van der Waals surface area contributed by atoms with Gasteiger partial charge in [-0.15, -0.1) is 12.4 Å². The Kier molecular flexibility index (Phi) is 6.97. The van der Waals surface area contributed by atoms with Crippen molar-refractivity contribution in [3.05, 3.63) is 11.6 Å². The Hall–Kier alpha value is -0.250. The Bertz CT molecular complexity index is 203. The average Bonchev–Trinajstić information content (AvgIpc) is 2.15. The van der Waals surface area contributed by atoms with Gasteiger partial charge in [0.05, 0.1) is 12.6 Å². The van der Waals surface area contributed by atoms with E-state index in [2.05, 4.69) is 17.2 Å². The number of piperidine rings is 1. The maximum atomic E-state index is 11.4. The van der Waals surface area contributed by atoms with Gasteiger partial charge in [0.2, 0.25) is 5.91 Å². The zero-order valence-corrected chi connectivity index (χ0v) is 9.59. The summed E-state index contributed by atoms with van der Waals surface area (Å²) in [5.74, 6) is 0.0292. The SMILES string of the molecule is C=C(Cl)CNC(=O)C1CCCCN1.Cl. The summed E-state index contributed by atoms with van der Waals surface area (Å²) >= 11 is 5.53. The molecule has 1 aliphatic heterocycles. The van der Waals surface area contributed by atoms with Crippen LogP contribution in [0.15, 0.2) is 11.6 Å². The van der Waals surface area contributed by atoms with Gasteiger partial charge >= 0.3 is 0 Å². The molecule has 1 fully saturated rings. The van der Waals surface area contributed by atoms with Crippen LogP contribution >= 0.6 is 24.0 Å². The fourth-order valence-electron chi connectivity index (χ4n) is 1.38. The van der Waals surface area contributed by atoms with Gasteiger partial charge in [0, 0.05) is 5.03 Å². The maximum absolute atomic E-state index is 11.4. The average molecular weight is 239 g/mol. The molecule has 0 bridgehead atoms. The van der Waals surface area contributed by atoms with Gasteiger partial charge in [-0.05, 0) is 19.4 Å². The zero-order valence-electron chi connectivity index (χ0n) is 8.01. The highest BCUT2D eigenvalue weighted by Gasteiger charge is 2.19. The third-order valence-electron chi connectivity index (χ3n) is 2.08. The van der Waals surface area contributed by atoms with Crippen LogP contribution in [0.3, 0.4) is 0 Å². The fraction of sp³-hybridized carbons (Fsp3) is 0.667. The number of carbonyl (C=O) groups is 1. The van der Waals surface area contributed by atoms with E-state index < -0.39 is 0 Å². The van der Waals surface area contributed by atoms with E-state index in [1.165, 1.54) is 0 Å². The Labute approximate surface area is 95.7 Å². The monoisotopic (exact) mass is 238 g/mol. The van der Waals surface area contributed by atoms with Crippen LogP contribution in [0, 0.1) is 0 Å². The molecule has 0 aliphatic carbocycles. The van der Waals surface area contributed by atoms with Crippen molar-refractivity contribution in [1.29, 1.82) is 0 Å². The second kappa shape index (κ2) is 7.10. The summed E-state index contributed by atoms with van der Waals surface area (Å²) in [6.07, 6.45) is 3.19. The number of hydrogen-bond acceptors (Lipinski definition) is 2. The summed E-state index contributed by atoms with van der Waals surface area (Å²) in [4.78, 5) is 11.4. The highest BCUT2D eigenvalue weighted by molar-refractivity contribution is 6.29. The number of halogens is 2. The molecule has 0 saturated carbocycles. The summed E-state index contributed by atoms with van der Waals surface area (Å²) in [5, 5.41) is 6.34. The molecule has 3 nitrogen and oxygen atoms in total. The molecule has 82 valence electrons. The quantitative estimate of drug-likeness (QED) is 0.782. The standard InChI is InChI=1S/C9H15ClN2O.ClH/c1-7(10)6-12-9(13)8-4-2-3-5-11-8;/h8,11H,1-6H2,(H,12,13);1H. The lowest BCUT2D eigenvalue weighted by Crippen LogP contribution is -2.46. The van der Waals surface area contributed by atoms with E-state index >= 15 is 0 Å². The van der Waals surface area contributed by atoms with Crippen LogP contribution in [0.2, 0.25) is 0 Å². The van der Waals surface area contributed by atoms with Crippen LogP contribution in [0.5, 0.6) is 0 Å². The summed E-state index contributed by atoms with van der Waals surface area (Å²) < 4.78 is 0. The molecule has 1 heterocycles. The van der Waals surface area contributed by atoms with Gasteiger partial charge in [0.25, 0.3) is 0 Å². The molecule has 1 aliphatic rings. The first-order valence-electron chi connectivity index (χ1n) is 4.54. The van der Waals surface area contributed by atoms with Crippen molar-refractivity contribution in [3.8, 4) is 0 Å². The molecule has 1 atom stereocenters. The first kappa shape index (κ1) is 13.8. The zero-order chi connectivity index (χ0) is 9.68. The number of carbonyl (C=O) groups excluding carboxylic acids is 1. The largest absolute Gasteiger partial charge is 0.350 e. The van der Waals surface area contributed by atoms with E-state index in [4.69, 9.17) is 11.6 Å². The molecule has 0 aromatic rings. The van der Waals surface area contributed by atoms with Crippen molar-refractivity contribution in [3.63, 3.8) is 0 Å². The molecular weight excluding hydrogens is 223 g/mol. The van der Waals surface area contributed by atoms with Crippen molar-refractivity contribution < 1.29 is 4.79 Å². The summed E-state index contributed by atoms with van der Waals surface area (Å²) in [6, 6.07) is -0.0373. The molecular formula is C9H16Cl2N2O. The van der Waals surface area contributed by atoms with E-state index in [9.17, 15) is 4.79 Å². The second-order valence-corrected chi connectivity index (χ2v) is 3.77. The van der Waals surface area contributed by atoms with Crippen LogP contribution in [-0.2, 0) is 4.79 Å². The van der Waals surface area contributed by atoms with E-state index in [0.717, 1.165) is 25.8 Å². The van der Waals surface area contributed by atoms with Crippen molar-refractivity contribution in [1.82, 2.24) is 10.6 Å². The van der Waals surface area contributed by atoms with Crippen molar-refractivity contribution >= 4 is 29.9 Å². The highest BCUT2D eigenvalue weighted by atomic mass is 35.5. The highest BCUT2D eigenvalue weighted by Crippen LogP contribution is 2.06. The number of nitrogens with one attached hydrogen (secondary N) is 2. The van der Waals surface area contributed by atoms with Gasteiger partial charge in [-0.3, -0.25) is 4.79 Å². The second-order valence-electron chi connectivity index (χ2n) is 3.24. The van der Waals surface area contributed by atoms with Crippen LogP contribution in [0.4, 0.5) is 0 Å². The van der Waals surface area contributed by atoms with Gasteiger partial charge in [-0.25, -0.2) is 0 Å². The minimum absolute atomic E-state index is 0. The molecule has 0 aromatic heterocycles. The van der Waals surface area contributed by atoms with Gasteiger partial charge in [-0.2, -0.15) is 0 Å². The molecule has 1 rings (SSSR count). The normalized spacial score (nSPS) is 20.8. The van der Waals surface area contributed by atoms with Gasteiger partial charge < -0.3 is 10.6 Å². The smallest absolute Gasteiger partial charge is 0.237 e. The topological polar surface area (TPSA) is 41.1 Å². The first-order chi connectivity index (χ1) is 6.20. The number of hydrogen-bond donors (Lipinski definition) is 2. The third-order valence-corrected chi connectivity index (χ3v) is 2.21. The minimum atomic E-state index is -0.0373. The fourth-order valence-corrected chi connectivity index (χ4v) is 1.45. The minimum Gasteiger partial charge on any atom is -0.350 e. The summed E-state index contributed by atoms with van der Waals surface area (Å²) in [5.41, 5.74) is 0. The molecule has 1 unspecified atom stereocenters. The Morgan fingerprint density at radius 3 is 2.79 bits per heavy atom. The Balaban J connectivity index is 0.00000169. The van der Waals surface area contributed by atoms with Crippen LogP contribution in [-0.4, -0.2) is 25.0 Å². The predicted octanol–water partition coefficient (Wildman–Crippen LogP) is 1.42.